The summed E-state index contributed by atoms with van der Waals surface area (Å²) in [6, 6.07) is 36.9. The zero-order valence-electron chi connectivity index (χ0n) is 22.5. The molecule has 2 aromatic heterocycles. The van der Waals surface area contributed by atoms with Gasteiger partial charge in [0, 0.05) is 23.0 Å². The Morgan fingerprint density at radius 1 is 0.667 bits per heavy atom. The molecule has 0 aliphatic carbocycles. The van der Waals surface area contributed by atoms with Crippen molar-refractivity contribution in [3.63, 3.8) is 0 Å². The predicted molar refractivity (Wildman–Crippen MR) is 166 cm³/mol. The van der Waals surface area contributed by atoms with Gasteiger partial charge in [-0.05, 0) is 62.3 Å². The van der Waals surface area contributed by atoms with Gasteiger partial charge in [-0.15, -0.1) is 82.2 Å². The molecule has 0 aliphatic rings. The first-order valence-corrected chi connectivity index (χ1v) is 19.2. The van der Waals surface area contributed by atoms with Crippen LogP contribution in [-0.4, -0.2) is 9.13 Å². The van der Waals surface area contributed by atoms with Crippen molar-refractivity contribution in [2.75, 3.05) is 0 Å². The third-order valence-electron chi connectivity index (χ3n) is 7.32. The molecule has 5 heteroatoms. The van der Waals surface area contributed by atoms with Gasteiger partial charge in [0.2, 0.25) is 0 Å². The molecule has 2 nitrogen and oxygen atoms in total. The van der Waals surface area contributed by atoms with Crippen LogP contribution >= 0.6 is 17.0 Å². The number of rotatable bonds is 2. The van der Waals surface area contributed by atoms with Crippen molar-refractivity contribution in [2.45, 2.75) is 27.7 Å². The number of halogens is 2. The first-order chi connectivity index (χ1) is 18.9. The molecule has 0 amide bonds. The molecule has 5 aromatic carbocycles. The van der Waals surface area contributed by atoms with Crippen LogP contribution in [0.2, 0.25) is 0 Å². The minimum absolute atomic E-state index is 0.826. The molecular formula is C34H30Cl2N2Zr. The molecular weight excluding hydrogens is 599 g/mol. The summed E-state index contributed by atoms with van der Waals surface area (Å²) in [6.07, 6.45) is 2.18. The summed E-state index contributed by atoms with van der Waals surface area (Å²) in [5, 5.41) is 6.57. The number of hydrogen-bond acceptors (Lipinski definition) is 0. The van der Waals surface area contributed by atoms with Crippen molar-refractivity contribution < 1.29 is 20.8 Å². The summed E-state index contributed by atoms with van der Waals surface area (Å²) in [4.78, 5) is 0. The van der Waals surface area contributed by atoms with E-state index in [1.807, 2.05) is 0 Å². The number of fused-ring (bicyclic) bond motifs is 3. The molecule has 2 heterocycles. The van der Waals surface area contributed by atoms with Crippen molar-refractivity contribution in [1.29, 1.82) is 0 Å². The van der Waals surface area contributed by atoms with E-state index in [2.05, 4.69) is 146 Å². The summed E-state index contributed by atoms with van der Waals surface area (Å²) >= 11 is -0.826. The molecule has 0 atom stereocenters. The summed E-state index contributed by atoms with van der Waals surface area (Å²) < 4.78 is 4.61. The quantitative estimate of drug-likeness (QED) is 0.169. The Bertz CT molecular complexity index is 1800. The molecule has 7 rings (SSSR count). The van der Waals surface area contributed by atoms with E-state index in [0.717, 1.165) is 0 Å². The Balaban J connectivity index is 0.000000147. The van der Waals surface area contributed by atoms with Crippen LogP contribution in [0.15, 0.2) is 109 Å². The molecule has 0 bridgehead atoms. The SMILES string of the molecule is Cc1c(C)n(-c2cc3ccccc3[cH-]2)c2ccccc12.Cc1cc(C)n(-c2cc3ccccc3[cH-]2)c1.[Cl][Zr+2][Cl]. The number of hydrogen-bond donors (Lipinski definition) is 0. The zero-order valence-corrected chi connectivity index (χ0v) is 26.5. The van der Waals surface area contributed by atoms with Crippen molar-refractivity contribution >= 4 is 49.5 Å². The number of aromatic nitrogens is 2. The van der Waals surface area contributed by atoms with Gasteiger partial charge in [0.05, 0.1) is 5.52 Å². The maximum absolute atomic E-state index is 4.93. The summed E-state index contributed by atoms with van der Waals surface area (Å²) in [5.74, 6) is 0. The average Bonchev–Trinajstić information content (AvgIpc) is 3.69. The van der Waals surface area contributed by atoms with Crippen LogP contribution in [0.3, 0.4) is 0 Å². The number of aryl methyl sites for hydroxylation is 3. The summed E-state index contributed by atoms with van der Waals surface area (Å²) in [7, 11) is 9.87. The van der Waals surface area contributed by atoms with Crippen LogP contribution in [0.5, 0.6) is 0 Å². The van der Waals surface area contributed by atoms with Gasteiger partial charge in [-0.3, -0.25) is 0 Å². The standard InChI is InChI=1S/C19H16N.C15H14N.2ClH.Zr/c1-13-14(2)20(19-10-6-5-9-18(13)19)17-11-15-7-3-4-8-16(15)12-17;1-11-7-12(2)16(10-11)15-8-13-5-3-4-6-14(13)9-15;;;/h3-12H,1-2H3;3-10H,1-2H3;2*1H;/q2*-1;;;+4/p-2. The van der Waals surface area contributed by atoms with Gasteiger partial charge in [-0.2, -0.15) is 0 Å². The Morgan fingerprint density at radius 3 is 1.79 bits per heavy atom. The van der Waals surface area contributed by atoms with Gasteiger partial charge < -0.3 is 9.13 Å². The van der Waals surface area contributed by atoms with Crippen LogP contribution in [0.25, 0.3) is 43.8 Å². The molecule has 0 radical (unpaired) electrons. The molecule has 0 aliphatic heterocycles. The Labute approximate surface area is 248 Å². The normalized spacial score (nSPS) is 10.7. The molecule has 0 saturated heterocycles. The average molecular weight is 629 g/mol. The fraction of sp³-hybridized carbons (Fsp3) is 0.118. The third kappa shape index (κ3) is 5.73. The van der Waals surface area contributed by atoms with E-state index in [1.54, 1.807) is 0 Å². The molecule has 39 heavy (non-hydrogen) atoms. The minimum atomic E-state index is -0.826. The number of benzene rings is 3. The van der Waals surface area contributed by atoms with Crippen molar-refractivity contribution in [1.82, 2.24) is 9.13 Å². The van der Waals surface area contributed by atoms with Crippen molar-refractivity contribution in [2.24, 2.45) is 0 Å². The fourth-order valence-corrected chi connectivity index (χ4v) is 5.42. The summed E-state index contributed by atoms with van der Waals surface area (Å²) in [6.45, 7) is 8.68. The van der Waals surface area contributed by atoms with Gasteiger partial charge in [0.15, 0.2) is 0 Å². The first kappa shape index (κ1) is 27.7. The van der Waals surface area contributed by atoms with E-state index in [0.29, 0.717) is 0 Å². The molecule has 0 saturated carbocycles. The second-order valence-electron chi connectivity index (χ2n) is 9.85. The molecule has 0 spiro atoms. The number of nitrogens with zero attached hydrogens (tertiary/aromatic N) is 2. The van der Waals surface area contributed by atoms with Gasteiger partial charge in [0.25, 0.3) is 0 Å². The van der Waals surface area contributed by atoms with Crippen molar-refractivity contribution in [3.05, 3.63) is 132 Å². The van der Waals surface area contributed by atoms with E-state index >= 15 is 0 Å². The van der Waals surface area contributed by atoms with E-state index in [-0.39, 0.29) is 0 Å². The van der Waals surface area contributed by atoms with Crippen LogP contribution in [0, 0.1) is 27.7 Å². The molecule has 0 fully saturated rings. The van der Waals surface area contributed by atoms with E-state index in [4.69, 9.17) is 17.0 Å². The Hall–Kier alpha value is -2.84. The predicted octanol–water partition coefficient (Wildman–Crippen LogP) is 10.5. The second kappa shape index (κ2) is 12.1. The molecule has 194 valence electrons. The summed E-state index contributed by atoms with van der Waals surface area (Å²) in [5.41, 5.74) is 9.08. The van der Waals surface area contributed by atoms with E-state index < -0.39 is 20.8 Å². The topological polar surface area (TPSA) is 9.86 Å². The van der Waals surface area contributed by atoms with Gasteiger partial charge in [0.1, 0.15) is 0 Å². The van der Waals surface area contributed by atoms with Gasteiger partial charge in [-0.25, -0.2) is 0 Å². The molecule has 7 aromatic rings. The van der Waals surface area contributed by atoms with E-state index in [1.165, 1.54) is 66.3 Å². The zero-order chi connectivity index (χ0) is 27.5. The molecule has 0 unspecified atom stereocenters. The van der Waals surface area contributed by atoms with Gasteiger partial charge in [-0.1, -0.05) is 30.3 Å². The van der Waals surface area contributed by atoms with Crippen LogP contribution in [-0.2, 0) is 20.8 Å². The van der Waals surface area contributed by atoms with Crippen LogP contribution in [0.1, 0.15) is 22.5 Å². The molecule has 0 N–H and O–H groups in total. The van der Waals surface area contributed by atoms with Crippen LogP contribution in [0.4, 0.5) is 0 Å². The maximum atomic E-state index is 4.93. The van der Waals surface area contributed by atoms with E-state index in [9.17, 15) is 0 Å². The second-order valence-corrected chi connectivity index (χ2v) is 13.6. The van der Waals surface area contributed by atoms with Crippen LogP contribution < -0.4 is 0 Å². The monoisotopic (exact) mass is 626 g/mol. The first-order valence-electron chi connectivity index (χ1n) is 12.9. The fourth-order valence-electron chi connectivity index (χ4n) is 5.42. The Kier molecular flexibility index (Phi) is 8.62. The Morgan fingerprint density at radius 2 is 1.21 bits per heavy atom. The van der Waals surface area contributed by atoms with Gasteiger partial charge >= 0.3 is 37.9 Å². The van der Waals surface area contributed by atoms with Crippen molar-refractivity contribution in [3.8, 4) is 11.4 Å². The third-order valence-corrected chi connectivity index (χ3v) is 7.32. The number of para-hydroxylation sites is 1.